The molecule has 0 saturated heterocycles. The molecule has 0 bridgehead atoms. The number of thioether (sulfide) groups is 1. The van der Waals surface area contributed by atoms with E-state index >= 15 is 0 Å². The number of hydrogen-bond acceptors (Lipinski definition) is 7. The molecule has 326 valence electrons. The van der Waals surface area contributed by atoms with E-state index in [1.807, 2.05) is 36.6 Å². The normalized spacial score (nSPS) is 12.2. The van der Waals surface area contributed by atoms with Crippen LogP contribution in [0.1, 0.15) is 110 Å². The number of nitrogens with zero attached hydrogens (tertiary/aromatic N) is 3. The van der Waals surface area contributed by atoms with Gasteiger partial charge in [-0.05, 0) is 91.1 Å². The van der Waals surface area contributed by atoms with Crippen molar-refractivity contribution >= 4 is 92.6 Å². The summed E-state index contributed by atoms with van der Waals surface area (Å²) in [5, 5.41) is 19.0. The Labute approximate surface area is 384 Å². The van der Waals surface area contributed by atoms with E-state index in [4.69, 9.17) is 51.1 Å². The Morgan fingerprint density at radius 2 is 1.46 bits per heavy atom. The number of azo groups is 1. The first-order valence-electron chi connectivity index (χ1n) is 21.0. The highest BCUT2D eigenvalue weighted by Gasteiger charge is 2.24. The average Bonchev–Trinajstić information content (AvgIpc) is 3.54. The third kappa shape index (κ3) is 13.5. The lowest BCUT2D eigenvalue weighted by molar-refractivity contribution is -0.123. The SMILES string of the molecule is CCCCCCCCCCCCC(Oc1ccc(C(C)(C)CC)cc1)C(=O)Nc1ccc(Cl)c(Nc2[nH]n(-c3c(Cl)cc(Cl)cc3Cl)c(=O)c2N=Nc2ccccc2SC)c1. The van der Waals surface area contributed by atoms with Gasteiger partial charge in [0.05, 0.1) is 26.4 Å². The molecule has 1 amide bonds. The summed E-state index contributed by atoms with van der Waals surface area (Å²) < 4.78 is 7.58. The van der Waals surface area contributed by atoms with Crippen LogP contribution in [0.4, 0.5) is 28.6 Å². The molecular weight excluding hydrogens is 870 g/mol. The summed E-state index contributed by atoms with van der Waals surface area (Å²) in [6.07, 6.45) is 14.7. The second-order valence-corrected chi connectivity index (χ2v) is 18.2. The number of nitrogens with one attached hydrogen (secondary N) is 3. The van der Waals surface area contributed by atoms with Gasteiger partial charge in [-0.15, -0.1) is 22.0 Å². The van der Waals surface area contributed by atoms with E-state index in [9.17, 15) is 9.59 Å². The summed E-state index contributed by atoms with van der Waals surface area (Å²) in [7, 11) is 0. The molecule has 4 aromatic carbocycles. The number of ether oxygens (including phenoxy) is 1. The van der Waals surface area contributed by atoms with Crippen molar-refractivity contribution in [3.63, 3.8) is 0 Å². The van der Waals surface area contributed by atoms with Crippen molar-refractivity contribution in [3.8, 4) is 11.4 Å². The highest BCUT2D eigenvalue weighted by molar-refractivity contribution is 7.98. The number of anilines is 3. The number of unbranched alkanes of at least 4 members (excludes halogenated alkanes) is 9. The number of H-pyrrole nitrogens is 1. The van der Waals surface area contributed by atoms with Crippen LogP contribution in [-0.2, 0) is 10.2 Å². The van der Waals surface area contributed by atoms with Crippen LogP contribution in [-0.4, -0.2) is 28.0 Å². The lowest BCUT2D eigenvalue weighted by atomic mass is 9.82. The van der Waals surface area contributed by atoms with Gasteiger partial charge < -0.3 is 15.4 Å². The fraction of sp³-hybridized carbons (Fsp3) is 0.404. The van der Waals surface area contributed by atoms with E-state index in [2.05, 4.69) is 65.8 Å². The van der Waals surface area contributed by atoms with Crippen LogP contribution in [0.25, 0.3) is 5.69 Å². The number of carbonyl (C=O) groups excluding carboxylic acids is 1. The van der Waals surface area contributed by atoms with Crippen molar-refractivity contribution in [3.05, 3.63) is 115 Å². The number of benzene rings is 4. The summed E-state index contributed by atoms with van der Waals surface area (Å²) in [6, 6.07) is 23.5. The number of amides is 1. The van der Waals surface area contributed by atoms with Crippen LogP contribution in [0, 0.1) is 0 Å². The molecule has 61 heavy (non-hydrogen) atoms. The molecule has 0 saturated carbocycles. The Morgan fingerprint density at radius 1 is 0.820 bits per heavy atom. The van der Waals surface area contributed by atoms with Crippen LogP contribution >= 0.6 is 58.2 Å². The van der Waals surface area contributed by atoms with E-state index in [0.29, 0.717) is 39.3 Å². The smallest absolute Gasteiger partial charge is 0.301 e. The van der Waals surface area contributed by atoms with Gasteiger partial charge in [-0.25, -0.2) is 4.68 Å². The highest BCUT2D eigenvalue weighted by atomic mass is 35.5. The van der Waals surface area contributed by atoms with E-state index in [1.165, 1.54) is 79.1 Å². The maximum absolute atomic E-state index is 14.1. The zero-order valence-electron chi connectivity index (χ0n) is 35.6. The maximum atomic E-state index is 14.1. The molecule has 0 aliphatic rings. The minimum atomic E-state index is -0.735. The van der Waals surface area contributed by atoms with E-state index in [0.717, 1.165) is 30.6 Å². The van der Waals surface area contributed by atoms with Gasteiger partial charge >= 0.3 is 5.56 Å². The molecule has 0 spiro atoms. The fourth-order valence-corrected chi connectivity index (χ4v) is 8.48. The minimum absolute atomic E-state index is 0.0283. The van der Waals surface area contributed by atoms with Crippen molar-refractivity contribution < 1.29 is 9.53 Å². The van der Waals surface area contributed by atoms with Gasteiger partial charge in [0.2, 0.25) is 0 Å². The standard InChI is InChI=1S/C47H56Cl4N6O3S/c1-6-8-9-10-11-12-13-14-15-16-20-40(60-34-25-22-31(23-26-34)47(3,4)7-2)45(58)52-33-24-27-35(49)39(30-33)53-44-42(55-54-38-19-17-18-21-41(38)61-5)46(59)57(56-44)43-36(50)28-32(48)29-37(43)51/h17-19,21-30,40,53,56H,6-16,20H2,1-5H3,(H,52,58). The van der Waals surface area contributed by atoms with E-state index in [-0.39, 0.29) is 38.6 Å². The summed E-state index contributed by atoms with van der Waals surface area (Å²) in [6.45, 7) is 8.85. The number of hydrogen-bond donors (Lipinski definition) is 3. The Hall–Kier alpha value is -3.93. The van der Waals surface area contributed by atoms with Gasteiger partial charge in [0.15, 0.2) is 17.6 Å². The van der Waals surface area contributed by atoms with Crippen molar-refractivity contribution in [1.82, 2.24) is 9.78 Å². The van der Waals surface area contributed by atoms with Crippen molar-refractivity contribution in [2.75, 3.05) is 16.9 Å². The van der Waals surface area contributed by atoms with E-state index < -0.39 is 11.7 Å². The molecule has 0 fully saturated rings. The first kappa shape index (κ1) is 48.1. The molecule has 0 radical (unpaired) electrons. The second-order valence-electron chi connectivity index (χ2n) is 15.7. The van der Waals surface area contributed by atoms with Crippen LogP contribution < -0.4 is 20.9 Å². The monoisotopic (exact) mass is 924 g/mol. The summed E-state index contributed by atoms with van der Waals surface area (Å²) in [5.41, 5.74) is 2.19. The molecule has 1 heterocycles. The minimum Gasteiger partial charge on any atom is -0.481 e. The largest absolute Gasteiger partial charge is 0.481 e. The lowest BCUT2D eigenvalue weighted by Crippen LogP contribution is -2.33. The predicted octanol–water partition coefficient (Wildman–Crippen LogP) is 16.0. The van der Waals surface area contributed by atoms with Gasteiger partial charge in [-0.3, -0.25) is 14.7 Å². The Morgan fingerprint density at radius 3 is 2.10 bits per heavy atom. The molecule has 3 N–H and O–H groups in total. The topological polar surface area (TPSA) is 113 Å². The molecular formula is C47H56Cl4N6O3S. The quantitative estimate of drug-likeness (QED) is 0.0343. The average molecular weight is 927 g/mol. The Bertz CT molecular complexity index is 2290. The maximum Gasteiger partial charge on any atom is 0.301 e. The molecule has 14 heteroatoms. The Kier molecular flexibility index (Phi) is 18.5. The van der Waals surface area contributed by atoms with Gasteiger partial charge in [0, 0.05) is 15.6 Å². The highest BCUT2D eigenvalue weighted by Crippen LogP contribution is 2.37. The molecule has 0 aliphatic carbocycles. The van der Waals surface area contributed by atoms with Crippen molar-refractivity contribution in [1.29, 1.82) is 0 Å². The summed E-state index contributed by atoms with van der Waals surface area (Å²) >= 11 is 27.6. The van der Waals surface area contributed by atoms with Gasteiger partial charge in [-0.2, -0.15) is 0 Å². The van der Waals surface area contributed by atoms with Gasteiger partial charge in [-0.1, -0.05) is 156 Å². The third-order valence-corrected chi connectivity index (χ3v) is 12.7. The first-order valence-corrected chi connectivity index (χ1v) is 23.8. The molecule has 1 unspecified atom stereocenters. The molecule has 9 nitrogen and oxygen atoms in total. The molecule has 0 aliphatic heterocycles. The van der Waals surface area contributed by atoms with E-state index in [1.54, 1.807) is 24.3 Å². The van der Waals surface area contributed by atoms with Crippen LogP contribution in [0.3, 0.4) is 0 Å². The predicted molar refractivity (Wildman–Crippen MR) is 258 cm³/mol. The lowest BCUT2D eigenvalue weighted by Gasteiger charge is -2.24. The molecule has 1 aromatic heterocycles. The fourth-order valence-electron chi connectivity index (χ4n) is 6.80. The van der Waals surface area contributed by atoms with Crippen molar-refractivity contribution in [2.24, 2.45) is 10.2 Å². The Balaban J connectivity index is 1.39. The molecule has 1 atom stereocenters. The number of halogens is 4. The first-order chi connectivity index (χ1) is 29.3. The third-order valence-electron chi connectivity index (χ3n) is 10.8. The van der Waals surface area contributed by atoms with Crippen LogP contribution in [0.2, 0.25) is 20.1 Å². The zero-order chi connectivity index (χ0) is 43.9. The van der Waals surface area contributed by atoms with Crippen molar-refractivity contribution in [2.45, 2.75) is 121 Å². The number of carbonyl (C=O) groups is 1. The number of rotatable bonds is 23. The zero-order valence-corrected chi connectivity index (χ0v) is 39.4. The summed E-state index contributed by atoms with van der Waals surface area (Å²) in [5.74, 6) is 0.507. The number of aromatic amines is 1. The van der Waals surface area contributed by atoms with Crippen LogP contribution in [0.15, 0.2) is 98.8 Å². The van der Waals surface area contributed by atoms with Gasteiger partial charge in [0.1, 0.15) is 11.4 Å². The molecule has 5 rings (SSSR count). The van der Waals surface area contributed by atoms with Gasteiger partial charge in [0.25, 0.3) is 5.91 Å². The second kappa shape index (κ2) is 23.5. The van der Waals surface area contributed by atoms with Crippen LogP contribution in [0.5, 0.6) is 5.75 Å². The molecule has 5 aromatic rings. The number of aromatic nitrogens is 2. The summed E-state index contributed by atoms with van der Waals surface area (Å²) in [4.78, 5) is 29.0.